The molecule has 2 aromatic heterocycles. The van der Waals surface area contributed by atoms with Crippen molar-refractivity contribution in [3.8, 4) is 0 Å². The van der Waals surface area contributed by atoms with Crippen molar-refractivity contribution in [2.45, 2.75) is 44.6 Å². The number of nitrogens with zero attached hydrogens (tertiary/aromatic N) is 2. The van der Waals surface area contributed by atoms with Crippen LogP contribution >= 0.6 is 0 Å². The average molecular weight is 244 g/mol. The van der Waals surface area contributed by atoms with Crippen molar-refractivity contribution in [1.82, 2.24) is 9.38 Å². The second-order valence-electron chi connectivity index (χ2n) is 5.41. The van der Waals surface area contributed by atoms with Crippen molar-refractivity contribution in [3.05, 3.63) is 36.4 Å². The molecule has 0 radical (unpaired) electrons. The highest BCUT2D eigenvalue weighted by Gasteiger charge is 2.20. The maximum atomic E-state index is 10.4. The molecule has 96 valence electrons. The molecule has 2 aromatic rings. The second-order valence-corrected chi connectivity index (χ2v) is 5.41. The van der Waals surface area contributed by atoms with Crippen molar-refractivity contribution in [2.75, 3.05) is 0 Å². The van der Waals surface area contributed by atoms with E-state index >= 15 is 0 Å². The third kappa shape index (κ3) is 2.27. The van der Waals surface area contributed by atoms with Crippen molar-refractivity contribution in [2.24, 2.45) is 5.92 Å². The molecular formula is C15H20N2O. The van der Waals surface area contributed by atoms with Crippen LogP contribution in [0.25, 0.3) is 5.52 Å². The molecule has 1 aliphatic rings. The summed E-state index contributed by atoms with van der Waals surface area (Å²) in [6.07, 6.45) is 12.7. The van der Waals surface area contributed by atoms with Crippen LogP contribution in [0.3, 0.4) is 0 Å². The summed E-state index contributed by atoms with van der Waals surface area (Å²) in [4.78, 5) is 4.14. The molecule has 0 spiro atoms. The molecule has 0 aliphatic heterocycles. The summed E-state index contributed by atoms with van der Waals surface area (Å²) in [5, 5.41) is 10.4. The standard InChI is InChI=1S/C15H20N2O/c18-15(9-12-5-2-1-3-6-12)13-7-4-8-17-11-16-10-14(13)17/h4,7-8,10-12,15,18H,1-3,5-6,9H2. The largest absolute Gasteiger partial charge is 0.388 e. The number of imidazole rings is 1. The Hall–Kier alpha value is -1.35. The first-order valence-electron chi connectivity index (χ1n) is 6.93. The number of hydrogen-bond acceptors (Lipinski definition) is 2. The molecule has 0 amide bonds. The Morgan fingerprint density at radius 2 is 2.17 bits per heavy atom. The Bertz CT molecular complexity index is 514. The lowest BCUT2D eigenvalue weighted by Crippen LogP contribution is -2.11. The highest BCUT2D eigenvalue weighted by atomic mass is 16.3. The summed E-state index contributed by atoms with van der Waals surface area (Å²) in [7, 11) is 0. The van der Waals surface area contributed by atoms with Crippen LogP contribution in [0.15, 0.2) is 30.9 Å². The summed E-state index contributed by atoms with van der Waals surface area (Å²) >= 11 is 0. The second kappa shape index (κ2) is 5.11. The summed E-state index contributed by atoms with van der Waals surface area (Å²) in [6, 6.07) is 4.00. The monoisotopic (exact) mass is 244 g/mol. The van der Waals surface area contributed by atoms with Gasteiger partial charge >= 0.3 is 0 Å². The lowest BCUT2D eigenvalue weighted by Gasteiger charge is -2.24. The van der Waals surface area contributed by atoms with Crippen LogP contribution < -0.4 is 0 Å². The molecule has 0 bridgehead atoms. The van der Waals surface area contributed by atoms with E-state index in [0.717, 1.165) is 17.5 Å². The van der Waals surface area contributed by atoms with E-state index in [0.29, 0.717) is 5.92 Å². The van der Waals surface area contributed by atoms with Crippen LogP contribution in [0.4, 0.5) is 0 Å². The summed E-state index contributed by atoms with van der Waals surface area (Å²) in [5.74, 6) is 0.692. The fraction of sp³-hybridized carbons (Fsp3) is 0.533. The van der Waals surface area contributed by atoms with Gasteiger partial charge in [0, 0.05) is 11.8 Å². The summed E-state index contributed by atoms with van der Waals surface area (Å²) in [5.41, 5.74) is 2.04. The van der Waals surface area contributed by atoms with E-state index in [4.69, 9.17) is 0 Å². The van der Waals surface area contributed by atoms with Crippen molar-refractivity contribution < 1.29 is 5.11 Å². The molecule has 3 heteroatoms. The van der Waals surface area contributed by atoms with E-state index < -0.39 is 0 Å². The maximum absolute atomic E-state index is 10.4. The third-order valence-electron chi connectivity index (χ3n) is 4.12. The van der Waals surface area contributed by atoms with Gasteiger partial charge in [-0.15, -0.1) is 0 Å². The summed E-state index contributed by atoms with van der Waals surface area (Å²) in [6.45, 7) is 0. The lowest BCUT2D eigenvalue weighted by atomic mass is 9.84. The zero-order valence-electron chi connectivity index (χ0n) is 10.6. The van der Waals surface area contributed by atoms with E-state index in [1.54, 1.807) is 6.33 Å². The maximum Gasteiger partial charge on any atom is 0.0992 e. The van der Waals surface area contributed by atoms with Gasteiger partial charge in [-0.25, -0.2) is 4.98 Å². The topological polar surface area (TPSA) is 37.5 Å². The first-order valence-corrected chi connectivity index (χ1v) is 6.93. The van der Waals surface area contributed by atoms with Gasteiger partial charge in [0.2, 0.25) is 0 Å². The Balaban J connectivity index is 1.78. The van der Waals surface area contributed by atoms with Gasteiger partial charge in [-0.1, -0.05) is 38.2 Å². The van der Waals surface area contributed by atoms with Crippen LogP contribution in [0.5, 0.6) is 0 Å². The van der Waals surface area contributed by atoms with E-state index in [2.05, 4.69) is 4.98 Å². The molecule has 2 heterocycles. The smallest absolute Gasteiger partial charge is 0.0992 e. The van der Waals surface area contributed by atoms with Crippen LogP contribution in [0.2, 0.25) is 0 Å². The number of aliphatic hydroxyl groups is 1. The molecule has 1 atom stereocenters. The number of hydrogen-bond donors (Lipinski definition) is 1. The minimum Gasteiger partial charge on any atom is -0.388 e. The molecule has 0 saturated heterocycles. The van der Waals surface area contributed by atoms with E-state index in [-0.39, 0.29) is 6.10 Å². The molecule has 1 saturated carbocycles. The van der Waals surface area contributed by atoms with Crippen molar-refractivity contribution >= 4 is 5.52 Å². The number of rotatable bonds is 3. The zero-order valence-corrected chi connectivity index (χ0v) is 10.6. The predicted molar refractivity (Wildman–Crippen MR) is 71.3 cm³/mol. The minimum absolute atomic E-state index is 0.353. The van der Waals surface area contributed by atoms with E-state index in [1.165, 1.54) is 32.1 Å². The van der Waals surface area contributed by atoms with Gasteiger partial charge < -0.3 is 9.51 Å². The van der Waals surface area contributed by atoms with Gasteiger partial charge in [0.15, 0.2) is 0 Å². The van der Waals surface area contributed by atoms with Crippen LogP contribution in [-0.4, -0.2) is 14.5 Å². The van der Waals surface area contributed by atoms with Crippen LogP contribution in [-0.2, 0) is 0 Å². The molecule has 1 aliphatic carbocycles. The fourth-order valence-electron chi connectivity index (χ4n) is 3.12. The quantitative estimate of drug-likeness (QED) is 0.899. The average Bonchev–Trinajstić information content (AvgIpc) is 2.87. The van der Waals surface area contributed by atoms with E-state index in [1.807, 2.05) is 28.9 Å². The number of pyridine rings is 1. The molecular weight excluding hydrogens is 224 g/mol. The predicted octanol–water partition coefficient (Wildman–Crippen LogP) is 3.34. The molecule has 18 heavy (non-hydrogen) atoms. The molecule has 0 aromatic carbocycles. The Morgan fingerprint density at radius 1 is 1.33 bits per heavy atom. The zero-order chi connectivity index (χ0) is 12.4. The van der Waals surface area contributed by atoms with Crippen molar-refractivity contribution in [1.29, 1.82) is 0 Å². The van der Waals surface area contributed by atoms with Crippen molar-refractivity contribution in [3.63, 3.8) is 0 Å². The SMILES string of the molecule is OC(CC1CCCCC1)c1cccn2cncc12. The highest BCUT2D eigenvalue weighted by molar-refractivity contribution is 5.54. The van der Waals surface area contributed by atoms with Gasteiger partial charge in [-0.3, -0.25) is 0 Å². The van der Waals surface area contributed by atoms with Crippen LogP contribution in [0, 0.1) is 5.92 Å². The normalized spacial score (nSPS) is 19.2. The summed E-state index contributed by atoms with van der Waals surface area (Å²) < 4.78 is 1.97. The van der Waals surface area contributed by atoms with Gasteiger partial charge in [-0.05, 0) is 18.4 Å². The lowest BCUT2D eigenvalue weighted by molar-refractivity contribution is 0.132. The fourth-order valence-corrected chi connectivity index (χ4v) is 3.12. The number of aliphatic hydroxyl groups excluding tert-OH is 1. The highest BCUT2D eigenvalue weighted by Crippen LogP contribution is 2.32. The minimum atomic E-state index is -0.353. The molecule has 1 N–H and O–H groups in total. The molecule has 3 rings (SSSR count). The first kappa shape index (κ1) is 11.7. The Labute approximate surface area is 107 Å². The van der Waals surface area contributed by atoms with Gasteiger partial charge in [0.25, 0.3) is 0 Å². The number of fused-ring (bicyclic) bond motifs is 1. The number of aromatic nitrogens is 2. The van der Waals surface area contributed by atoms with Crippen LogP contribution in [0.1, 0.15) is 50.2 Å². The van der Waals surface area contributed by atoms with E-state index in [9.17, 15) is 5.11 Å². The third-order valence-corrected chi connectivity index (χ3v) is 4.12. The Kier molecular flexibility index (Phi) is 3.33. The first-order chi connectivity index (χ1) is 8.84. The Morgan fingerprint density at radius 3 is 3.00 bits per heavy atom. The molecule has 1 unspecified atom stereocenters. The molecule has 3 nitrogen and oxygen atoms in total. The van der Waals surface area contributed by atoms with Gasteiger partial charge in [-0.2, -0.15) is 0 Å². The molecule has 1 fully saturated rings. The van der Waals surface area contributed by atoms with Gasteiger partial charge in [0.05, 0.1) is 24.1 Å². The van der Waals surface area contributed by atoms with Gasteiger partial charge in [0.1, 0.15) is 0 Å².